The van der Waals surface area contributed by atoms with Crippen molar-refractivity contribution in [2.24, 2.45) is 5.73 Å². The van der Waals surface area contributed by atoms with Gasteiger partial charge in [0, 0.05) is 18.6 Å². The Hall–Kier alpha value is 0.0700. The molecule has 0 saturated carbocycles. The van der Waals surface area contributed by atoms with Gasteiger partial charge < -0.3 is 10.6 Å². The number of hydrogen-bond donors (Lipinski definition) is 1. The Kier molecular flexibility index (Phi) is 5.99. The third-order valence-corrected chi connectivity index (χ3v) is 3.83. The lowest BCUT2D eigenvalue weighted by Crippen LogP contribution is -2.51. The smallest absolute Gasteiger partial charge is 0.235 e. The molecule has 1 aliphatic rings. The molecule has 15 heavy (non-hydrogen) atoms. The van der Waals surface area contributed by atoms with Gasteiger partial charge in [-0.2, -0.15) is 11.8 Å². The minimum absolute atomic E-state index is 0. The molecule has 0 spiro atoms. The summed E-state index contributed by atoms with van der Waals surface area (Å²) in [5.41, 5.74) is 5.94. The van der Waals surface area contributed by atoms with Crippen molar-refractivity contribution in [2.45, 2.75) is 37.5 Å². The third kappa shape index (κ3) is 4.21. The summed E-state index contributed by atoms with van der Waals surface area (Å²) in [6.07, 6.45) is 3.80. The van der Waals surface area contributed by atoms with E-state index in [9.17, 15) is 4.79 Å². The van der Waals surface area contributed by atoms with Crippen LogP contribution in [0.15, 0.2) is 0 Å². The van der Waals surface area contributed by atoms with Crippen LogP contribution in [0.3, 0.4) is 0 Å². The van der Waals surface area contributed by atoms with Gasteiger partial charge in [-0.15, -0.1) is 12.4 Å². The topological polar surface area (TPSA) is 46.3 Å². The predicted molar refractivity (Wildman–Crippen MR) is 68.6 cm³/mol. The van der Waals surface area contributed by atoms with Gasteiger partial charge in [0.05, 0.1) is 5.25 Å². The zero-order chi connectivity index (χ0) is 10.8. The van der Waals surface area contributed by atoms with Crippen molar-refractivity contribution < 1.29 is 4.79 Å². The number of rotatable bonds is 2. The second-order valence-corrected chi connectivity index (χ2v) is 5.54. The monoisotopic (exact) mass is 252 g/mol. The first kappa shape index (κ1) is 15.1. The molecule has 1 amide bonds. The minimum atomic E-state index is -0.0701. The van der Waals surface area contributed by atoms with E-state index < -0.39 is 0 Å². The molecule has 1 atom stereocenters. The van der Waals surface area contributed by atoms with E-state index in [4.69, 9.17) is 5.73 Å². The highest BCUT2D eigenvalue weighted by Crippen LogP contribution is 2.20. The molecular formula is C10H21ClN2OS. The largest absolute Gasteiger partial charge is 0.342 e. The van der Waals surface area contributed by atoms with Gasteiger partial charge in [0.15, 0.2) is 0 Å². The molecule has 3 nitrogen and oxygen atoms in total. The van der Waals surface area contributed by atoms with Gasteiger partial charge in [0.25, 0.3) is 0 Å². The molecular weight excluding hydrogens is 232 g/mol. The molecule has 2 N–H and O–H groups in total. The van der Waals surface area contributed by atoms with Crippen molar-refractivity contribution in [1.29, 1.82) is 0 Å². The summed E-state index contributed by atoms with van der Waals surface area (Å²) in [4.78, 5) is 13.7. The molecule has 1 saturated heterocycles. The highest BCUT2D eigenvalue weighted by molar-refractivity contribution is 7.99. The summed E-state index contributed by atoms with van der Waals surface area (Å²) in [5, 5.41) is 0.0807. The number of likely N-dealkylation sites (tertiary alicyclic amines) is 1. The van der Waals surface area contributed by atoms with Gasteiger partial charge in [-0.25, -0.2) is 0 Å². The normalized spacial score (nSPS) is 21.7. The summed E-state index contributed by atoms with van der Waals surface area (Å²) in [6.45, 7) is 5.66. The molecule has 90 valence electrons. The van der Waals surface area contributed by atoms with Crippen LogP contribution in [0.4, 0.5) is 0 Å². The molecule has 0 aliphatic carbocycles. The average molecular weight is 253 g/mol. The van der Waals surface area contributed by atoms with Crippen LogP contribution in [0.1, 0.15) is 26.7 Å². The fourth-order valence-electron chi connectivity index (χ4n) is 1.60. The number of halogens is 1. The van der Waals surface area contributed by atoms with Gasteiger partial charge >= 0.3 is 0 Å². The zero-order valence-corrected chi connectivity index (χ0v) is 11.3. The van der Waals surface area contributed by atoms with Crippen LogP contribution in [0, 0.1) is 0 Å². The van der Waals surface area contributed by atoms with E-state index in [-0.39, 0.29) is 29.1 Å². The molecule has 1 rings (SSSR count). The lowest BCUT2D eigenvalue weighted by molar-refractivity contribution is -0.131. The zero-order valence-electron chi connectivity index (χ0n) is 9.66. The van der Waals surface area contributed by atoms with Gasteiger partial charge in [0.2, 0.25) is 5.91 Å². The summed E-state index contributed by atoms with van der Waals surface area (Å²) < 4.78 is 0. The quantitative estimate of drug-likeness (QED) is 0.810. The van der Waals surface area contributed by atoms with Crippen molar-refractivity contribution in [3.8, 4) is 0 Å². The van der Waals surface area contributed by atoms with Crippen molar-refractivity contribution in [1.82, 2.24) is 4.90 Å². The SMILES string of the molecule is CSC(C)C(=O)N1CCC(C)(N)CC1.Cl. The minimum Gasteiger partial charge on any atom is -0.342 e. The second-order valence-electron chi connectivity index (χ2n) is 4.36. The molecule has 1 unspecified atom stereocenters. The molecule has 0 aromatic carbocycles. The Labute approximate surface area is 103 Å². The lowest BCUT2D eigenvalue weighted by atomic mass is 9.91. The number of piperidine rings is 1. The van der Waals surface area contributed by atoms with E-state index in [2.05, 4.69) is 6.92 Å². The Balaban J connectivity index is 0.00000196. The number of carbonyl (C=O) groups excluding carboxylic acids is 1. The van der Waals surface area contributed by atoms with Gasteiger partial charge in [-0.3, -0.25) is 4.79 Å². The predicted octanol–water partition coefficient (Wildman–Crippen LogP) is 1.50. The molecule has 1 fully saturated rings. The number of nitrogens with two attached hydrogens (primary N) is 1. The van der Waals surface area contributed by atoms with Crippen molar-refractivity contribution in [3.63, 3.8) is 0 Å². The first-order valence-electron chi connectivity index (χ1n) is 5.07. The van der Waals surface area contributed by atoms with E-state index in [0.717, 1.165) is 25.9 Å². The Morgan fingerprint density at radius 1 is 1.47 bits per heavy atom. The number of amides is 1. The number of carbonyl (C=O) groups is 1. The number of hydrogen-bond acceptors (Lipinski definition) is 3. The summed E-state index contributed by atoms with van der Waals surface area (Å²) in [5.74, 6) is 0.257. The second kappa shape index (κ2) is 5.97. The molecule has 0 bridgehead atoms. The highest BCUT2D eigenvalue weighted by atomic mass is 35.5. The molecule has 5 heteroatoms. The van der Waals surface area contributed by atoms with Gasteiger partial charge in [0.1, 0.15) is 0 Å². The van der Waals surface area contributed by atoms with E-state index in [1.54, 1.807) is 11.8 Å². The van der Waals surface area contributed by atoms with Crippen molar-refractivity contribution >= 4 is 30.1 Å². The average Bonchev–Trinajstić information content (AvgIpc) is 2.15. The molecule has 0 aromatic rings. The molecule has 0 aromatic heterocycles. The summed E-state index contributed by atoms with van der Waals surface area (Å²) in [7, 11) is 0. The summed E-state index contributed by atoms with van der Waals surface area (Å²) in [6, 6.07) is 0. The Bertz CT molecular complexity index is 213. The van der Waals surface area contributed by atoms with E-state index in [0.29, 0.717) is 0 Å². The fourth-order valence-corrected chi connectivity index (χ4v) is 1.95. The van der Waals surface area contributed by atoms with E-state index in [1.807, 2.05) is 18.1 Å². The standard InChI is InChI=1S/C10H20N2OS.ClH/c1-8(14-3)9(13)12-6-4-10(2,11)5-7-12;/h8H,4-7,11H2,1-3H3;1H. The molecule has 0 radical (unpaired) electrons. The summed E-state index contributed by atoms with van der Waals surface area (Å²) >= 11 is 1.60. The first-order chi connectivity index (χ1) is 6.46. The Morgan fingerprint density at radius 2 is 1.93 bits per heavy atom. The van der Waals surface area contributed by atoms with E-state index >= 15 is 0 Å². The van der Waals surface area contributed by atoms with Crippen LogP contribution in [0.25, 0.3) is 0 Å². The lowest BCUT2D eigenvalue weighted by Gasteiger charge is -2.37. The first-order valence-corrected chi connectivity index (χ1v) is 6.35. The van der Waals surface area contributed by atoms with E-state index in [1.165, 1.54) is 0 Å². The van der Waals surface area contributed by atoms with Crippen LogP contribution < -0.4 is 5.73 Å². The van der Waals surface area contributed by atoms with Crippen LogP contribution in [-0.4, -0.2) is 40.9 Å². The maximum Gasteiger partial charge on any atom is 0.235 e. The molecule has 1 aliphatic heterocycles. The van der Waals surface area contributed by atoms with Gasteiger partial charge in [-0.1, -0.05) is 0 Å². The number of nitrogens with zero attached hydrogens (tertiary/aromatic N) is 1. The van der Waals surface area contributed by atoms with Crippen LogP contribution in [0.5, 0.6) is 0 Å². The maximum atomic E-state index is 11.8. The Morgan fingerprint density at radius 3 is 2.33 bits per heavy atom. The maximum absolute atomic E-state index is 11.8. The molecule has 1 heterocycles. The van der Waals surface area contributed by atoms with Gasteiger partial charge in [-0.05, 0) is 32.9 Å². The highest BCUT2D eigenvalue weighted by Gasteiger charge is 2.29. The van der Waals surface area contributed by atoms with Crippen LogP contribution in [0.2, 0.25) is 0 Å². The van der Waals surface area contributed by atoms with Crippen LogP contribution in [-0.2, 0) is 4.79 Å². The van der Waals surface area contributed by atoms with Crippen LogP contribution >= 0.6 is 24.2 Å². The third-order valence-electron chi connectivity index (χ3n) is 2.92. The number of thioether (sulfide) groups is 1. The fraction of sp³-hybridized carbons (Fsp3) is 0.900. The van der Waals surface area contributed by atoms with Crippen molar-refractivity contribution in [3.05, 3.63) is 0 Å². The van der Waals surface area contributed by atoms with Crippen molar-refractivity contribution in [2.75, 3.05) is 19.3 Å².